The van der Waals surface area contributed by atoms with Crippen LogP contribution in [0.15, 0.2) is 103 Å². The van der Waals surface area contributed by atoms with Crippen molar-refractivity contribution < 1.29 is 8.83 Å². The third kappa shape index (κ3) is 3.54. The summed E-state index contributed by atoms with van der Waals surface area (Å²) in [4.78, 5) is 25.7. The second-order valence-electron chi connectivity index (χ2n) is 7.45. The Labute approximate surface area is 181 Å². The monoisotopic (exact) mass is 422 g/mol. The zero-order valence-corrected chi connectivity index (χ0v) is 16.9. The van der Waals surface area contributed by atoms with Crippen molar-refractivity contribution in [2.24, 2.45) is 0 Å². The molecule has 0 spiro atoms. The molecule has 0 aliphatic rings. The molecule has 0 saturated heterocycles. The lowest BCUT2D eigenvalue weighted by Gasteiger charge is -2.02. The van der Waals surface area contributed by atoms with Crippen molar-refractivity contribution in [2.75, 3.05) is 11.5 Å². The number of fused-ring (bicyclic) bond motifs is 8. The van der Waals surface area contributed by atoms with E-state index in [2.05, 4.69) is 0 Å². The van der Waals surface area contributed by atoms with E-state index >= 15 is 0 Å². The fourth-order valence-corrected chi connectivity index (χ4v) is 3.67. The average Bonchev–Trinajstić information content (AvgIpc) is 2.81. The minimum atomic E-state index is -0.591. The van der Waals surface area contributed by atoms with E-state index in [4.69, 9.17) is 20.3 Å². The zero-order valence-electron chi connectivity index (χ0n) is 16.9. The maximum atomic E-state index is 12.8. The average molecular weight is 422 g/mol. The maximum Gasteiger partial charge on any atom is 0.343 e. The topological polar surface area (TPSA) is 112 Å². The highest BCUT2D eigenvalue weighted by Crippen LogP contribution is 2.25. The largest absolute Gasteiger partial charge is 0.422 e. The van der Waals surface area contributed by atoms with Crippen molar-refractivity contribution in [3.8, 4) is 0 Å². The highest BCUT2D eigenvalue weighted by atomic mass is 16.4. The summed E-state index contributed by atoms with van der Waals surface area (Å²) < 4.78 is 11.4. The van der Waals surface area contributed by atoms with E-state index in [1.807, 2.05) is 24.3 Å². The van der Waals surface area contributed by atoms with Crippen LogP contribution >= 0.6 is 0 Å². The van der Waals surface area contributed by atoms with Gasteiger partial charge in [0.15, 0.2) is 0 Å². The van der Waals surface area contributed by atoms with Gasteiger partial charge in [-0.3, -0.25) is 0 Å². The Morgan fingerprint density at radius 3 is 1.38 bits per heavy atom. The van der Waals surface area contributed by atoms with Gasteiger partial charge in [0.25, 0.3) is 0 Å². The molecule has 5 rings (SSSR count). The Morgan fingerprint density at radius 1 is 0.500 bits per heavy atom. The quantitative estimate of drug-likeness (QED) is 0.338. The third-order valence-corrected chi connectivity index (χ3v) is 5.23. The number of nitrogens with two attached hydrogens (primary N) is 2. The second kappa shape index (κ2) is 7.59. The van der Waals surface area contributed by atoms with E-state index in [-0.39, 0.29) is 10.8 Å². The Balaban J connectivity index is 2.14. The predicted octanol–water partition coefficient (Wildman–Crippen LogP) is 5.06. The summed E-state index contributed by atoms with van der Waals surface area (Å²) in [6, 6.07) is 23.9. The molecule has 6 heteroatoms. The number of hydrogen-bond donors (Lipinski definition) is 2. The minimum absolute atomic E-state index is 0.227. The van der Waals surface area contributed by atoms with Crippen LogP contribution in [0.3, 0.4) is 0 Å². The normalized spacial score (nSPS) is 11.0. The van der Waals surface area contributed by atoms with E-state index in [0.717, 1.165) is 10.8 Å². The lowest BCUT2D eigenvalue weighted by Crippen LogP contribution is -1.99. The number of nitrogen functional groups attached to an aromatic ring is 2. The SMILES string of the molecule is Nc1ccc2oc(=O)c3cccc(c3)c(=O)oc3ccc(N)cc3c3cccc(c3)c2c1. The molecule has 156 valence electrons. The van der Waals surface area contributed by atoms with Crippen LogP contribution in [0.4, 0.5) is 11.4 Å². The van der Waals surface area contributed by atoms with E-state index in [9.17, 15) is 9.59 Å². The summed E-state index contributed by atoms with van der Waals surface area (Å²) in [7, 11) is 0. The summed E-state index contributed by atoms with van der Waals surface area (Å²) in [6.07, 6.45) is 0. The van der Waals surface area contributed by atoms with Crippen LogP contribution < -0.4 is 22.7 Å². The van der Waals surface area contributed by atoms with Crippen LogP contribution in [0.25, 0.3) is 43.5 Å². The van der Waals surface area contributed by atoms with Crippen molar-refractivity contribution in [1.82, 2.24) is 0 Å². The number of benzene rings is 4. The Bertz CT molecular complexity index is 1630. The molecule has 32 heavy (non-hydrogen) atoms. The minimum Gasteiger partial charge on any atom is -0.422 e. The smallest absolute Gasteiger partial charge is 0.343 e. The summed E-state index contributed by atoms with van der Waals surface area (Å²) in [5.41, 5.74) is 12.7. The van der Waals surface area contributed by atoms with Gasteiger partial charge in [0.05, 0.1) is 10.8 Å². The molecular formula is C26H18N2O4. The molecule has 4 N–H and O–H groups in total. The van der Waals surface area contributed by atoms with Crippen LogP contribution in [-0.4, -0.2) is 0 Å². The molecule has 1 heterocycles. The lowest BCUT2D eigenvalue weighted by molar-refractivity contribution is 0.569. The fraction of sp³-hybridized carbons (Fsp3) is 0. The molecular weight excluding hydrogens is 404 g/mol. The van der Waals surface area contributed by atoms with Crippen molar-refractivity contribution in [3.05, 3.63) is 106 Å². The molecule has 0 radical (unpaired) electrons. The van der Waals surface area contributed by atoms with Crippen molar-refractivity contribution in [1.29, 1.82) is 0 Å². The van der Waals surface area contributed by atoms with Gasteiger partial charge >= 0.3 is 11.3 Å². The Hall–Kier alpha value is -4.58. The van der Waals surface area contributed by atoms with Gasteiger partial charge in [0.1, 0.15) is 11.2 Å². The van der Waals surface area contributed by atoms with Gasteiger partial charge in [0.2, 0.25) is 0 Å². The van der Waals surface area contributed by atoms with Gasteiger partial charge in [-0.15, -0.1) is 0 Å². The van der Waals surface area contributed by atoms with Crippen LogP contribution in [0, 0.1) is 0 Å². The predicted molar refractivity (Wildman–Crippen MR) is 129 cm³/mol. The standard InChI is InChI=1S/C26H18N2O4/c27-19-7-9-23-21(13-19)15-3-1-4-16(11-15)22-14-20(28)8-10-24(22)32-26(30)18-6-2-5-17(12-18)25(29)31-23/h1-14H,27-28H2. The summed E-state index contributed by atoms with van der Waals surface area (Å²) >= 11 is 0. The van der Waals surface area contributed by atoms with Crippen LogP contribution in [0.5, 0.6) is 0 Å². The van der Waals surface area contributed by atoms with E-state index < -0.39 is 11.3 Å². The summed E-state index contributed by atoms with van der Waals surface area (Å²) in [5.74, 6) is 0. The third-order valence-electron chi connectivity index (χ3n) is 5.23. The summed E-state index contributed by atoms with van der Waals surface area (Å²) in [5, 5.41) is 3.34. The molecule has 0 fully saturated rings. The van der Waals surface area contributed by atoms with Gasteiger partial charge in [-0.25, -0.2) is 9.59 Å². The van der Waals surface area contributed by atoms with Gasteiger partial charge < -0.3 is 20.3 Å². The van der Waals surface area contributed by atoms with Gasteiger partial charge in [-0.2, -0.15) is 0 Å². The lowest BCUT2D eigenvalue weighted by atomic mass is 10.1. The molecule has 4 aromatic carbocycles. The number of hydrogen-bond acceptors (Lipinski definition) is 6. The molecule has 5 aromatic rings. The highest BCUT2D eigenvalue weighted by molar-refractivity contribution is 6.02. The number of rotatable bonds is 0. The van der Waals surface area contributed by atoms with Gasteiger partial charge in [-0.05, 0) is 71.4 Å². The fourth-order valence-electron chi connectivity index (χ4n) is 3.67. The molecule has 4 bridgehead atoms. The molecule has 0 amide bonds. The van der Waals surface area contributed by atoms with Crippen molar-refractivity contribution >= 4 is 54.9 Å². The Kier molecular flexibility index (Phi) is 4.60. The highest BCUT2D eigenvalue weighted by Gasteiger charge is 2.03. The molecule has 0 atom stereocenters. The molecule has 0 saturated carbocycles. The molecule has 0 aliphatic carbocycles. The second-order valence-corrected chi connectivity index (χ2v) is 7.45. The van der Waals surface area contributed by atoms with E-state index in [1.54, 1.807) is 54.6 Å². The van der Waals surface area contributed by atoms with E-state index in [1.165, 1.54) is 6.07 Å². The molecule has 0 aliphatic heterocycles. The molecule has 0 unspecified atom stereocenters. The van der Waals surface area contributed by atoms with Crippen LogP contribution in [-0.2, 0) is 0 Å². The first-order valence-electron chi connectivity index (χ1n) is 9.92. The first-order valence-corrected chi connectivity index (χ1v) is 9.92. The van der Waals surface area contributed by atoms with Crippen molar-refractivity contribution in [2.45, 2.75) is 0 Å². The van der Waals surface area contributed by atoms with Gasteiger partial charge in [0, 0.05) is 22.1 Å². The first-order chi connectivity index (χ1) is 15.5. The van der Waals surface area contributed by atoms with E-state index in [0.29, 0.717) is 33.3 Å². The first kappa shape index (κ1) is 19.4. The molecule has 1 aromatic heterocycles. The van der Waals surface area contributed by atoms with Gasteiger partial charge in [-0.1, -0.05) is 24.3 Å². The molecule has 6 nitrogen and oxygen atoms in total. The maximum absolute atomic E-state index is 12.8. The number of anilines is 2. The Morgan fingerprint density at radius 2 is 0.906 bits per heavy atom. The van der Waals surface area contributed by atoms with Crippen LogP contribution in [0.1, 0.15) is 0 Å². The zero-order chi connectivity index (χ0) is 22.2. The van der Waals surface area contributed by atoms with Crippen molar-refractivity contribution in [3.63, 3.8) is 0 Å². The van der Waals surface area contributed by atoms with Crippen LogP contribution in [0.2, 0.25) is 0 Å². The summed E-state index contributed by atoms with van der Waals surface area (Å²) in [6.45, 7) is 0.